The second kappa shape index (κ2) is 4.80. The fourth-order valence-corrected chi connectivity index (χ4v) is 3.10. The molecule has 5 heteroatoms. The summed E-state index contributed by atoms with van der Waals surface area (Å²) in [5.41, 5.74) is 9.72. The van der Waals surface area contributed by atoms with E-state index in [0.29, 0.717) is 5.82 Å². The van der Waals surface area contributed by atoms with Crippen LogP contribution in [-0.4, -0.2) is 20.2 Å². The molecular weight excluding hydrogens is 274 g/mol. The number of fused-ring (bicyclic) bond motifs is 1. The molecule has 1 aromatic carbocycles. The van der Waals surface area contributed by atoms with Crippen molar-refractivity contribution in [1.82, 2.24) is 20.2 Å². The smallest absolute Gasteiger partial charge is 0.152 e. The quantitative estimate of drug-likeness (QED) is 0.758. The van der Waals surface area contributed by atoms with Crippen LogP contribution < -0.4 is 5.73 Å². The van der Waals surface area contributed by atoms with Gasteiger partial charge < -0.3 is 5.73 Å². The van der Waals surface area contributed by atoms with Crippen molar-refractivity contribution in [3.8, 4) is 0 Å². The van der Waals surface area contributed by atoms with Gasteiger partial charge in [0.1, 0.15) is 6.33 Å². The minimum absolute atomic E-state index is 0.337. The first kappa shape index (κ1) is 12.8. The van der Waals surface area contributed by atoms with E-state index in [0.717, 1.165) is 23.4 Å². The Morgan fingerprint density at radius 1 is 1.14 bits per heavy atom. The van der Waals surface area contributed by atoms with Crippen LogP contribution in [0.4, 0.5) is 5.82 Å². The minimum atomic E-state index is -0.337. The Hall–Kier alpha value is -2.95. The van der Waals surface area contributed by atoms with Gasteiger partial charge in [0.2, 0.25) is 0 Å². The summed E-state index contributed by atoms with van der Waals surface area (Å²) in [6.45, 7) is 0. The lowest BCUT2D eigenvalue weighted by atomic mass is 9.71. The first-order valence-corrected chi connectivity index (χ1v) is 7.13. The van der Waals surface area contributed by atoms with Crippen molar-refractivity contribution >= 4 is 11.9 Å². The van der Waals surface area contributed by atoms with E-state index in [-0.39, 0.29) is 5.41 Å². The van der Waals surface area contributed by atoms with Gasteiger partial charge in [-0.15, -0.1) is 0 Å². The maximum atomic E-state index is 5.91. The monoisotopic (exact) mass is 289 g/mol. The summed E-state index contributed by atoms with van der Waals surface area (Å²) in [7, 11) is 0. The molecule has 5 nitrogen and oxygen atoms in total. The molecule has 0 bridgehead atoms. The van der Waals surface area contributed by atoms with Crippen molar-refractivity contribution in [3.05, 3.63) is 77.5 Å². The topological polar surface area (TPSA) is 80.5 Å². The molecule has 4 rings (SSSR count). The normalized spacial score (nSPS) is 19.8. The zero-order valence-corrected chi connectivity index (χ0v) is 11.9. The number of nitrogens with two attached hydrogens (primary N) is 1. The summed E-state index contributed by atoms with van der Waals surface area (Å²) in [6, 6.07) is 12.3. The van der Waals surface area contributed by atoms with Gasteiger partial charge in [-0.3, -0.25) is 5.10 Å². The van der Waals surface area contributed by atoms with E-state index in [1.54, 1.807) is 12.5 Å². The Morgan fingerprint density at radius 2 is 2.00 bits per heavy atom. The number of H-pyrrole nitrogens is 1. The molecule has 2 aromatic heterocycles. The molecule has 0 spiro atoms. The van der Waals surface area contributed by atoms with Crippen molar-refractivity contribution in [2.45, 2.75) is 11.8 Å². The van der Waals surface area contributed by atoms with Crippen LogP contribution in [0.3, 0.4) is 0 Å². The molecule has 2 heterocycles. The molecular formula is C17H15N5. The van der Waals surface area contributed by atoms with E-state index in [1.165, 1.54) is 5.56 Å². The molecule has 3 N–H and O–H groups in total. The summed E-state index contributed by atoms with van der Waals surface area (Å²) in [5, 5.41) is 7.17. The largest absolute Gasteiger partial charge is 0.382 e. The molecule has 0 radical (unpaired) electrons. The van der Waals surface area contributed by atoms with Gasteiger partial charge in [-0.05, 0) is 11.6 Å². The highest BCUT2D eigenvalue weighted by molar-refractivity contribution is 5.69. The van der Waals surface area contributed by atoms with Crippen LogP contribution in [0.25, 0.3) is 6.08 Å². The number of rotatable bonds is 2. The fourth-order valence-electron chi connectivity index (χ4n) is 3.10. The Bertz CT molecular complexity index is 781. The van der Waals surface area contributed by atoms with E-state index in [4.69, 9.17) is 5.73 Å². The lowest BCUT2D eigenvalue weighted by Gasteiger charge is -2.33. The van der Waals surface area contributed by atoms with Crippen LogP contribution >= 0.6 is 0 Å². The number of allylic oxidation sites excluding steroid dienone is 1. The van der Waals surface area contributed by atoms with Gasteiger partial charge >= 0.3 is 0 Å². The van der Waals surface area contributed by atoms with Crippen molar-refractivity contribution in [1.29, 1.82) is 0 Å². The highest BCUT2D eigenvalue weighted by Crippen LogP contribution is 2.40. The molecule has 0 amide bonds. The van der Waals surface area contributed by atoms with Crippen molar-refractivity contribution < 1.29 is 0 Å². The number of aromatic nitrogens is 4. The van der Waals surface area contributed by atoms with E-state index in [9.17, 15) is 0 Å². The molecule has 0 aliphatic heterocycles. The summed E-state index contributed by atoms with van der Waals surface area (Å²) < 4.78 is 0. The van der Waals surface area contributed by atoms with Crippen molar-refractivity contribution in [2.75, 3.05) is 5.73 Å². The molecule has 22 heavy (non-hydrogen) atoms. The molecule has 0 saturated heterocycles. The van der Waals surface area contributed by atoms with Crippen LogP contribution in [0, 0.1) is 0 Å². The third-order valence-corrected chi connectivity index (χ3v) is 4.23. The van der Waals surface area contributed by atoms with E-state index in [1.807, 2.05) is 30.3 Å². The highest BCUT2D eigenvalue weighted by atomic mass is 15.2. The molecule has 1 aliphatic carbocycles. The van der Waals surface area contributed by atoms with Gasteiger partial charge in [-0.2, -0.15) is 5.10 Å². The number of aromatic amines is 1. The summed E-state index contributed by atoms with van der Waals surface area (Å²) in [5.74, 6) is 0.538. The summed E-state index contributed by atoms with van der Waals surface area (Å²) in [6.07, 6.45) is 8.30. The lowest BCUT2D eigenvalue weighted by Crippen LogP contribution is -2.31. The number of benzene rings is 1. The number of nitrogens with zero attached hydrogens (tertiary/aromatic N) is 3. The molecule has 1 atom stereocenters. The van der Waals surface area contributed by atoms with Gasteiger partial charge in [0.25, 0.3) is 0 Å². The first-order valence-electron chi connectivity index (χ1n) is 7.13. The Labute approximate surface area is 127 Å². The summed E-state index contributed by atoms with van der Waals surface area (Å²) in [4.78, 5) is 8.54. The van der Waals surface area contributed by atoms with Crippen LogP contribution in [0.15, 0.2) is 55.0 Å². The van der Waals surface area contributed by atoms with Crippen LogP contribution in [0.2, 0.25) is 0 Å². The van der Waals surface area contributed by atoms with Crippen LogP contribution in [-0.2, 0) is 11.8 Å². The lowest BCUT2D eigenvalue weighted by molar-refractivity contribution is 0.598. The first-order chi connectivity index (χ1) is 10.8. The fraction of sp³-hybridized carbons (Fsp3) is 0.118. The van der Waals surface area contributed by atoms with Gasteiger partial charge in [0, 0.05) is 23.9 Å². The van der Waals surface area contributed by atoms with Gasteiger partial charge in [-0.25, -0.2) is 9.97 Å². The Morgan fingerprint density at radius 3 is 2.77 bits per heavy atom. The van der Waals surface area contributed by atoms with Crippen LogP contribution in [0.5, 0.6) is 0 Å². The molecule has 0 fully saturated rings. The molecule has 108 valence electrons. The number of nitrogen functional groups attached to an aromatic ring is 1. The highest BCUT2D eigenvalue weighted by Gasteiger charge is 2.37. The zero-order valence-electron chi connectivity index (χ0n) is 11.9. The maximum absolute atomic E-state index is 5.91. The minimum Gasteiger partial charge on any atom is -0.382 e. The Kier molecular flexibility index (Phi) is 2.79. The molecule has 1 unspecified atom stereocenters. The van der Waals surface area contributed by atoms with E-state index in [2.05, 4.69) is 38.4 Å². The number of hydrogen-bond acceptors (Lipinski definition) is 4. The SMILES string of the molecule is Nc1n[nH]c2c1C=CC(c1ccccc1)(c1ccncn1)C2. The van der Waals surface area contributed by atoms with Crippen molar-refractivity contribution in [2.24, 2.45) is 0 Å². The summed E-state index contributed by atoms with van der Waals surface area (Å²) >= 11 is 0. The predicted molar refractivity (Wildman–Crippen MR) is 85.0 cm³/mol. The van der Waals surface area contributed by atoms with Gasteiger partial charge in [0.15, 0.2) is 5.82 Å². The predicted octanol–water partition coefficient (Wildman–Crippen LogP) is 2.34. The standard InChI is InChI=1S/C17H15N5/c18-16-13-6-8-17(10-14(13)21-22-16,12-4-2-1-3-5-12)15-7-9-19-11-20-15/h1-9,11H,10H2,(H3,18,21,22). The maximum Gasteiger partial charge on any atom is 0.152 e. The van der Waals surface area contributed by atoms with Crippen LogP contribution in [0.1, 0.15) is 22.5 Å². The second-order valence-electron chi connectivity index (χ2n) is 5.44. The molecule has 0 saturated carbocycles. The average Bonchev–Trinajstić information content (AvgIpc) is 2.96. The zero-order chi connectivity index (χ0) is 15.0. The Balaban J connectivity index is 1.93. The molecule has 3 aromatic rings. The third kappa shape index (κ3) is 1.83. The number of hydrogen-bond donors (Lipinski definition) is 2. The number of nitrogens with one attached hydrogen (secondary N) is 1. The van der Waals surface area contributed by atoms with Gasteiger partial charge in [0.05, 0.1) is 11.1 Å². The van der Waals surface area contributed by atoms with E-state index < -0.39 is 0 Å². The second-order valence-corrected chi connectivity index (χ2v) is 5.44. The van der Waals surface area contributed by atoms with Crippen molar-refractivity contribution in [3.63, 3.8) is 0 Å². The average molecular weight is 289 g/mol. The molecule has 1 aliphatic rings. The number of anilines is 1. The third-order valence-electron chi connectivity index (χ3n) is 4.23. The van der Waals surface area contributed by atoms with Gasteiger partial charge in [-0.1, -0.05) is 42.5 Å². The van der Waals surface area contributed by atoms with E-state index >= 15 is 0 Å².